The van der Waals surface area contributed by atoms with E-state index in [2.05, 4.69) is 39.7 Å². The second-order valence-electron chi connectivity index (χ2n) is 8.27. The Morgan fingerprint density at radius 3 is 2.97 bits per heavy atom. The molecule has 5 rings (SSSR count). The summed E-state index contributed by atoms with van der Waals surface area (Å²) in [5.74, 6) is 0.861. The van der Waals surface area contributed by atoms with Crippen molar-refractivity contribution in [2.75, 3.05) is 0 Å². The van der Waals surface area contributed by atoms with Crippen molar-refractivity contribution in [2.45, 2.75) is 58.2 Å². The summed E-state index contributed by atoms with van der Waals surface area (Å²) in [6.07, 6.45) is 6.46. The highest BCUT2D eigenvalue weighted by molar-refractivity contribution is 7.18. The number of fused-ring (bicyclic) bond motifs is 3. The average molecular weight is 435 g/mol. The van der Waals surface area contributed by atoms with Gasteiger partial charge in [0.1, 0.15) is 4.83 Å². The Morgan fingerprint density at radius 1 is 1.29 bits per heavy atom. The van der Waals surface area contributed by atoms with Crippen LogP contribution < -0.4 is 10.9 Å². The van der Waals surface area contributed by atoms with Gasteiger partial charge in [-0.3, -0.25) is 9.36 Å². The van der Waals surface area contributed by atoms with Gasteiger partial charge in [0.25, 0.3) is 5.56 Å². The Labute approximate surface area is 184 Å². The zero-order valence-corrected chi connectivity index (χ0v) is 18.5. The molecule has 7 heteroatoms. The number of benzene rings is 1. The molecule has 160 valence electrons. The van der Waals surface area contributed by atoms with E-state index in [1.165, 1.54) is 16.0 Å². The number of thiophene rings is 1. The third kappa shape index (κ3) is 4.34. The lowest BCUT2D eigenvalue weighted by atomic mass is 9.93. The van der Waals surface area contributed by atoms with Gasteiger partial charge in [-0.15, -0.1) is 11.3 Å². The number of hydrogen-bond donors (Lipinski definition) is 1. The molecule has 4 aromatic rings. The van der Waals surface area contributed by atoms with Gasteiger partial charge in [0, 0.05) is 23.5 Å². The fraction of sp³-hybridized carbons (Fsp3) is 0.375. The second kappa shape index (κ2) is 8.77. The number of aryl methyl sites for hydroxylation is 4. The van der Waals surface area contributed by atoms with Crippen LogP contribution in [-0.2, 0) is 32.4 Å². The van der Waals surface area contributed by atoms with Crippen LogP contribution in [-0.4, -0.2) is 20.7 Å². The highest BCUT2D eigenvalue weighted by Gasteiger charge is 2.25. The molecule has 0 saturated carbocycles. The SMILES string of the molecule is Cc1cc(CNC2CCc3c(sc4ncn(CCCc5ccccc5)c(=O)c34)C2)on1. The highest BCUT2D eigenvalue weighted by atomic mass is 32.1. The van der Waals surface area contributed by atoms with Crippen LogP contribution in [0.25, 0.3) is 10.2 Å². The first kappa shape index (κ1) is 20.2. The summed E-state index contributed by atoms with van der Waals surface area (Å²) in [5, 5.41) is 8.36. The zero-order valence-electron chi connectivity index (χ0n) is 17.6. The minimum Gasteiger partial charge on any atom is -0.360 e. The molecule has 0 amide bonds. The van der Waals surface area contributed by atoms with E-state index in [0.29, 0.717) is 19.1 Å². The van der Waals surface area contributed by atoms with E-state index in [1.54, 1.807) is 22.2 Å². The lowest BCUT2D eigenvalue weighted by Crippen LogP contribution is -2.33. The molecular weight excluding hydrogens is 408 g/mol. The second-order valence-corrected chi connectivity index (χ2v) is 9.36. The molecule has 1 N–H and O–H groups in total. The van der Waals surface area contributed by atoms with E-state index in [1.807, 2.05) is 19.1 Å². The lowest BCUT2D eigenvalue weighted by Gasteiger charge is -2.22. The van der Waals surface area contributed by atoms with Crippen LogP contribution in [0, 0.1) is 6.92 Å². The first-order valence-corrected chi connectivity index (χ1v) is 11.7. The van der Waals surface area contributed by atoms with Gasteiger partial charge in [-0.25, -0.2) is 4.98 Å². The summed E-state index contributed by atoms with van der Waals surface area (Å²) in [4.78, 5) is 20.0. The van der Waals surface area contributed by atoms with Crippen molar-refractivity contribution in [3.8, 4) is 0 Å². The Balaban J connectivity index is 1.28. The number of nitrogens with one attached hydrogen (secondary N) is 1. The Hall–Kier alpha value is -2.77. The van der Waals surface area contributed by atoms with Crippen LogP contribution in [0.2, 0.25) is 0 Å². The average Bonchev–Trinajstić information content (AvgIpc) is 3.37. The van der Waals surface area contributed by atoms with E-state index in [4.69, 9.17) is 4.52 Å². The molecule has 1 aromatic carbocycles. The van der Waals surface area contributed by atoms with Crippen molar-refractivity contribution in [1.29, 1.82) is 0 Å². The quantitative estimate of drug-likeness (QED) is 0.475. The van der Waals surface area contributed by atoms with Crippen LogP contribution in [0.3, 0.4) is 0 Å². The predicted molar refractivity (Wildman–Crippen MR) is 123 cm³/mol. The van der Waals surface area contributed by atoms with Crippen molar-refractivity contribution in [1.82, 2.24) is 20.0 Å². The van der Waals surface area contributed by atoms with E-state index < -0.39 is 0 Å². The van der Waals surface area contributed by atoms with Crippen molar-refractivity contribution < 1.29 is 4.52 Å². The van der Waals surface area contributed by atoms with E-state index in [0.717, 1.165) is 53.8 Å². The molecule has 0 saturated heterocycles. The Morgan fingerprint density at radius 2 is 2.16 bits per heavy atom. The minimum absolute atomic E-state index is 0.110. The molecule has 3 heterocycles. The molecule has 0 bridgehead atoms. The first-order valence-electron chi connectivity index (χ1n) is 10.9. The monoisotopic (exact) mass is 434 g/mol. The maximum Gasteiger partial charge on any atom is 0.262 e. The predicted octanol–water partition coefficient (Wildman–Crippen LogP) is 4.03. The standard InChI is InChI=1S/C24H26N4O2S/c1-16-12-19(30-27-16)14-25-18-9-10-20-21(13-18)31-23-22(20)24(29)28(15-26-23)11-5-8-17-6-3-2-4-7-17/h2-4,6-7,12,15,18,25H,5,8-11,13-14H2,1H3. The fourth-order valence-corrected chi connectivity index (χ4v) is 5.64. The largest absolute Gasteiger partial charge is 0.360 e. The fourth-order valence-electron chi connectivity index (χ4n) is 4.38. The van der Waals surface area contributed by atoms with Crippen LogP contribution in [0.4, 0.5) is 0 Å². The molecule has 0 radical (unpaired) electrons. The molecular formula is C24H26N4O2S. The first-order chi connectivity index (χ1) is 15.2. The van der Waals surface area contributed by atoms with Gasteiger partial charge in [-0.1, -0.05) is 35.5 Å². The van der Waals surface area contributed by atoms with Crippen LogP contribution in [0.15, 0.2) is 52.0 Å². The summed E-state index contributed by atoms with van der Waals surface area (Å²) >= 11 is 1.67. The van der Waals surface area contributed by atoms with Gasteiger partial charge in [-0.05, 0) is 50.2 Å². The molecule has 3 aromatic heterocycles. The molecule has 1 aliphatic carbocycles. The molecule has 1 unspecified atom stereocenters. The Bertz CT molecular complexity index is 1240. The van der Waals surface area contributed by atoms with Crippen LogP contribution in [0.5, 0.6) is 0 Å². The van der Waals surface area contributed by atoms with Gasteiger partial charge in [0.2, 0.25) is 0 Å². The van der Waals surface area contributed by atoms with Gasteiger partial charge >= 0.3 is 0 Å². The molecule has 6 nitrogen and oxygen atoms in total. The number of rotatable bonds is 7. The lowest BCUT2D eigenvalue weighted by molar-refractivity contribution is 0.353. The molecule has 31 heavy (non-hydrogen) atoms. The minimum atomic E-state index is 0.110. The molecule has 1 aliphatic rings. The van der Waals surface area contributed by atoms with Crippen molar-refractivity contribution in [3.05, 3.63) is 80.5 Å². The van der Waals surface area contributed by atoms with Crippen molar-refractivity contribution >= 4 is 21.6 Å². The molecule has 1 atom stereocenters. The van der Waals surface area contributed by atoms with E-state index in [9.17, 15) is 4.79 Å². The Kier molecular flexibility index (Phi) is 5.70. The summed E-state index contributed by atoms with van der Waals surface area (Å²) < 4.78 is 7.08. The zero-order chi connectivity index (χ0) is 21.2. The summed E-state index contributed by atoms with van der Waals surface area (Å²) in [6, 6.07) is 12.7. The maximum absolute atomic E-state index is 13.2. The molecule has 0 spiro atoms. The number of hydrogen-bond acceptors (Lipinski definition) is 6. The third-order valence-electron chi connectivity index (χ3n) is 5.98. The van der Waals surface area contributed by atoms with Crippen molar-refractivity contribution in [3.63, 3.8) is 0 Å². The molecule has 0 fully saturated rings. The van der Waals surface area contributed by atoms with Gasteiger partial charge in [0.15, 0.2) is 5.76 Å². The van der Waals surface area contributed by atoms with Gasteiger partial charge < -0.3 is 9.84 Å². The summed E-state index contributed by atoms with van der Waals surface area (Å²) in [5.41, 5.74) is 3.53. The molecule has 0 aliphatic heterocycles. The van der Waals surface area contributed by atoms with Gasteiger partial charge in [0.05, 0.1) is 24.0 Å². The smallest absolute Gasteiger partial charge is 0.262 e. The van der Waals surface area contributed by atoms with Crippen LogP contribution >= 0.6 is 11.3 Å². The number of nitrogens with zero attached hydrogens (tertiary/aromatic N) is 3. The highest BCUT2D eigenvalue weighted by Crippen LogP contribution is 2.33. The van der Waals surface area contributed by atoms with Crippen molar-refractivity contribution in [2.24, 2.45) is 0 Å². The van der Waals surface area contributed by atoms with E-state index >= 15 is 0 Å². The summed E-state index contributed by atoms with van der Waals surface area (Å²) in [7, 11) is 0. The van der Waals surface area contributed by atoms with Crippen LogP contribution in [0.1, 0.15) is 40.3 Å². The topological polar surface area (TPSA) is 73.0 Å². The third-order valence-corrected chi connectivity index (χ3v) is 7.15. The number of aromatic nitrogens is 3. The van der Waals surface area contributed by atoms with Gasteiger partial charge in [-0.2, -0.15) is 0 Å². The maximum atomic E-state index is 13.2. The summed E-state index contributed by atoms with van der Waals surface area (Å²) in [6.45, 7) is 3.30. The normalized spacial score (nSPS) is 16.0. The van der Waals surface area contributed by atoms with E-state index in [-0.39, 0.29) is 5.56 Å².